The van der Waals surface area contributed by atoms with Crippen molar-refractivity contribution >= 4 is 11.5 Å². The maximum absolute atomic E-state index is 10.6. The van der Waals surface area contributed by atoms with Gasteiger partial charge in [0.05, 0.1) is 5.71 Å². The fourth-order valence-electron chi connectivity index (χ4n) is 0.878. The Morgan fingerprint density at radius 1 is 1.25 bits per heavy atom. The molecule has 1 saturated carbocycles. The van der Waals surface area contributed by atoms with Crippen LogP contribution in [0.4, 0.5) is 0 Å². The van der Waals surface area contributed by atoms with E-state index >= 15 is 0 Å². The molecular weight excluding hydrogens is 102 g/mol. The Morgan fingerprint density at radius 3 is 2.25 bits per heavy atom. The molecule has 0 bridgehead atoms. The second kappa shape index (κ2) is 2.07. The molecule has 0 aliphatic heterocycles. The van der Waals surface area contributed by atoms with Crippen molar-refractivity contribution in [2.75, 3.05) is 0 Å². The van der Waals surface area contributed by atoms with Gasteiger partial charge in [-0.3, -0.25) is 4.79 Å². The summed E-state index contributed by atoms with van der Waals surface area (Å²) >= 11 is 0. The zero-order valence-electron chi connectivity index (χ0n) is 4.74. The summed E-state index contributed by atoms with van der Waals surface area (Å²) < 4.78 is 0. The highest BCUT2D eigenvalue weighted by Crippen LogP contribution is 2.09. The Morgan fingerprint density at radius 2 is 1.88 bits per heavy atom. The Labute approximate surface area is 48.4 Å². The van der Waals surface area contributed by atoms with Gasteiger partial charge in [-0.1, -0.05) is 0 Å². The van der Waals surface area contributed by atoms with E-state index in [9.17, 15) is 4.79 Å². The van der Waals surface area contributed by atoms with Crippen molar-refractivity contribution in [3.8, 4) is 0 Å². The maximum atomic E-state index is 10.6. The van der Waals surface area contributed by atoms with Gasteiger partial charge in [-0.15, -0.1) is 0 Å². The van der Waals surface area contributed by atoms with Gasteiger partial charge >= 0.3 is 0 Å². The molecule has 0 aromatic rings. The minimum Gasteiger partial charge on any atom is -0.302 e. The number of rotatable bonds is 0. The SMILES string of the molecule is N=C1CCCCC1=O. The van der Waals surface area contributed by atoms with E-state index in [1.807, 2.05) is 0 Å². The zero-order chi connectivity index (χ0) is 5.98. The molecule has 1 aliphatic carbocycles. The molecule has 2 heteroatoms. The van der Waals surface area contributed by atoms with Gasteiger partial charge in [0.25, 0.3) is 0 Å². The molecule has 2 nitrogen and oxygen atoms in total. The molecule has 0 radical (unpaired) electrons. The number of Topliss-reactive ketones (excluding diaryl/α,β-unsaturated/α-hetero) is 1. The van der Waals surface area contributed by atoms with Crippen LogP contribution in [0.25, 0.3) is 0 Å². The van der Waals surface area contributed by atoms with E-state index in [4.69, 9.17) is 5.41 Å². The first-order chi connectivity index (χ1) is 3.80. The van der Waals surface area contributed by atoms with Crippen LogP contribution in [0.2, 0.25) is 0 Å². The monoisotopic (exact) mass is 111 g/mol. The lowest BCUT2D eigenvalue weighted by Gasteiger charge is -2.07. The van der Waals surface area contributed by atoms with Crippen molar-refractivity contribution in [1.29, 1.82) is 5.41 Å². The number of carbonyl (C=O) groups excluding carboxylic acids is 1. The van der Waals surface area contributed by atoms with Gasteiger partial charge < -0.3 is 5.41 Å². The molecule has 0 amide bonds. The van der Waals surface area contributed by atoms with Crippen molar-refractivity contribution in [2.24, 2.45) is 0 Å². The van der Waals surface area contributed by atoms with Crippen LogP contribution in [0.3, 0.4) is 0 Å². The van der Waals surface area contributed by atoms with Gasteiger partial charge in [0, 0.05) is 6.42 Å². The van der Waals surface area contributed by atoms with E-state index in [2.05, 4.69) is 0 Å². The molecule has 44 valence electrons. The molecule has 0 aromatic carbocycles. The third-order valence-electron chi connectivity index (χ3n) is 1.42. The lowest BCUT2D eigenvalue weighted by Crippen LogP contribution is -2.16. The molecule has 0 heterocycles. The first-order valence-corrected chi connectivity index (χ1v) is 2.91. The fraction of sp³-hybridized carbons (Fsp3) is 0.667. The van der Waals surface area contributed by atoms with Crippen LogP contribution in [-0.2, 0) is 4.79 Å². The van der Waals surface area contributed by atoms with E-state index in [1.165, 1.54) is 0 Å². The first kappa shape index (κ1) is 5.48. The highest BCUT2D eigenvalue weighted by molar-refractivity contribution is 6.38. The first-order valence-electron chi connectivity index (χ1n) is 2.91. The summed E-state index contributed by atoms with van der Waals surface area (Å²) in [6.45, 7) is 0. The predicted molar refractivity (Wildman–Crippen MR) is 31.2 cm³/mol. The van der Waals surface area contributed by atoms with Crippen LogP contribution in [0.1, 0.15) is 25.7 Å². The Hall–Kier alpha value is -0.660. The third kappa shape index (κ3) is 0.941. The molecule has 1 N–H and O–H groups in total. The minimum absolute atomic E-state index is 0.0521. The predicted octanol–water partition coefficient (Wildman–Crippen LogP) is 1.15. The average molecular weight is 111 g/mol. The number of nitrogens with one attached hydrogen (secondary N) is 1. The van der Waals surface area contributed by atoms with Crippen molar-refractivity contribution in [3.05, 3.63) is 0 Å². The van der Waals surface area contributed by atoms with Gasteiger partial charge in [0.15, 0.2) is 5.78 Å². The molecule has 0 aromatic heterocycles. The van der Waals surface area contributed by atoms with Crippen LogP contribution in [0, 0.1) is 5.41 Å². The molecule has 1 rings (SSSR count). The standard InChI is InChI=1S/C6H9NO/c7-5-3-1-2-4-6(5)8/h7H,1-4H2. The van der Waals surface area contributed by atoms with Crippen LogP contribution in [0.15, 0.2) is 0 Å². The Bertz CT molecular complexity index is 112. The summed E-state index contributed by atoms with van der Waals surface area (Å²) in [7, 11) is 0. The normalized spacial score (nSPS) is 21.5. The van der Waals surface area contributed by atoms with E-state index in [0.29, 0.717) is 18.6 Å². The van der Waals surface area contributed by atoms with E-state index in [0.717, 1.165) is 12.8 Å². The van der Waals surface area contributed by atoms with Crippen LogP contribution in [0.5, 0.6) is 0 Å². The lowest BCUT2D eigenvalue weighted by atomic mass is 9.98. The number of ketones is 1. The fourth-order valence-corrected chi connectivity index (χ4v) is 0.878. The average Bonchev–Trinajstić information content (AvgIpc) is 1.77. The molecule has 8 heavy (non-hydrogen) atoms. The molecule has 0 spiro atoms. The smallest absolute Gasteiger partial charge is 0.176 e. The zero-order valence-corrected chi connectivity index (χ0v) is 4.74. The van der Waals surface area contributed by atoms with E-state index in [1.54, 1.807) is 0 Å². The topological polar surface area (TPSA) is 40.9 Å². The summed E-state index contributed by atoms with van der Waals surface area (Å²) in [6, 6.07) is 0. The Kier molecular flexibility index (Phi) is 1.42. The largest absolute Gasteiger partial charge is 0.302 e. The summed E-state index contributed by atoms with van der Waals surface area (Å²) in [5.74, 6) is 0.0521. The van der Waals surface area contributed by atoms with Gasteiger partial charge in [-0.25, -0.2) is 0 Å². The summed E-state index contributed by atoms with van der Waals surface area (Å²) in [4.78, 5) is 10.6. The molecule has 1 fully saturated rings. The van der Waals surface area contributed by atoms with Crippen LogP contribution < -0.4 is 0 Å². The molecule has 0 unspecified atom stereocenters. The lowest BCUT2D eigenvalue weighted by molar-refractivity contribution is -0.113. The second-order valence-electron chi connectivity index (χ2n) is 2.11. The summed E-state index contributed by atoms with van der Waals surface area (Å²) in [5.41, 5.74) is 0.330. The van der Waals surface area contributed by atoms with E-state index in [-0.39, 0.29) is 5.78 Å². The van der Waals surface area contributed by atoms with Gasteiger partial charge in [0.1, 0.15) is 0 Å². The van der Waals surface area contributed by atoms with Crippen molar-refractivity contribution < 1.29 is 4.79 Å². The second-order valence-corrected chi connectivity index (χ2v) is 2.11. The van der Waals surface area contributed by atoms with Crippen LogP contribution in [-0.4, -0.2) is 11.5 Å². The highest BCUT2D eigenvalue weighted by Gasteiger charge is 2.13. The van der Waals surface area contributed by atoms with Gasteiger partial charge in [0.2, 0.25) is 0 Å². The third-order valence-corrected chi connectivity index (χ3v) is 1.42. The molecule has 0 saturated heterocycles. The summed E-state index contributed by atoms with van der Waals surface area (Å²) in [5, 5.41) is 7.05. The summed E-state index contributed by atoms with van der Waals surface area (Å²) in [6.07, 6.45) is 3.34. The minimum atomic E-state index is 0.0521. The number of carbonyl (C=O) groups is 1. The Balaban J connectivity index is 2.52. The van der Waals surface area contributed by atoms with Crippen LogP contribution >= 0.6 is 0 Å². The van der Waals surface area contributed by atoms with Crippen molar-refractivity contribution in [3.63, 3.8) is 0 Å². The quantitative estimate of drug-likeness (QED) is 0.500. The number of hydrogen-bond donors (Lipinski definition) is 1. The van der Waals surface area contributed by atoms with E-state index < -0.39 is 0 Å². The maximum Gasteiger partial charge on any atom is 0.176 e. The van der Waals surface area contributed by atoms with Crippen molar-refractivity contribution in [1.82, 2.24) is 0 Å². The highest BCUT2D eigenvalue weighted by atomic mass is 16.1. The molecule has 0 atom stereocenters. The van der Waals surface area contributed by atoms with Gasteiger partial charge in [-0.2, -0.15) is 0 Å². The van der Waals surface area contributed by atoms with Gasteiger partial charge in [-0.05, 0) is 19.3 Å². The van der Waals surface area contributed by atoms with Crippen molar-refractivity contribution in [2.45, 2.75) is 25.7 Å². The molecular formula is C6H9NO. The molecule has 1 aliphatic rings. The number of hydrogen-bond acceptors (Lipinski definition) is 2.